The smallest absolute Gasteiger partial charge is 0.225 e. The molecular weight excluding hydrogens is 380 g/mol. The van der Waals surface area contributed by atoms with Crippen molar-refractivity contribution in [2.75, 3.05) is 31.1 Å². The summed E-state index contributed by atoms with van der Waals surface area (Å²) in [6.07, 6.45) is 2.11. The Kier molecular flexibility index (Phi) is 4.25. The van der Waals surface area contributed by atoms with Crippen LogP contribution in [0.25, 0.3) is 21.6 Å². The highest BCUT2D eigenvalue weighted by molar-refractivity contribution is 7.13. The number of amides is 1. The molecule has 1 aliphatic carbocycles. The summed E-state index contributed by atoms with van der Waals surface area (Å²) in [7, 11) is 0. The lowest BCUT2D eigenvalue weighted by Crippen LogP contribution is -2.49. The van der Waals surface area contributed by atoms with Crippen molar-refractivity contribution in [2.24, 2.45) is 5.92 Å². The number of aromatic nitrogens is 2. The minimum absolute atomic E-state index is 0.281. The second-order valence-corrected chi connectivity index (χ2v) is 8.48. The van der Waals surface area contributed by atoms with E-state index in [2.05, 4.69) is 4.90 Å². The van der Waals surface area contributed by atoms with Crippen LogP contribution in [0.5, 0.6) is 0 Å². The highest BCUT2D eigenvalue weighted by Gasteiger charge is 2.35. The van der Waals surface area contributed by atoms with Crippen molar-refractivity contribution in [3.05, 3.63) is 40.7 Å². The molecule has 138 valence electrons. The first-order chi connectivity index (χ1) is 13.2. The van der Waals surface area contributed by atoms with Gasteiger partial charge < -0.3 is 9.80 Å². The Morgan fingerprint density at radius 1 is 1.11 bits per heavy atom. The van der Waals surface area contributed by atoms with E-state index in [4.69, 9.17) is 21.6 Å². The van der Waals surface area contributed by atoms with Gasteiger partial charge in [0.15, 0.2) is 5.82 Å². The lowest BCUT2D eigenvalue weighted by molar-refractivity contribution is -0.132. The van der Waals surface area contributed by atoms with Crippen LogP contribution in [-0.2, 0) is 4.79 Å². The minimum Gasteiger partial charge on any atom is -0.352 e. The lowest BCUT2D eigenvalue weighted by Gasteiger charge is -2.36. The summed E-state index contributed by atoms with van der Waals surface area (Å²) in [6.45, 7) is 3.08. The number of rotatable bonds is 3. The fourth-order valence-electron chi connectivity index (χ4n) is 3.57. The zero-order chi connectivity index (χ0) is 18.4. The van der Waals surface area contributed by atoms with Crippen LogP contribution in [0.2, 0.25) is 5.02 Å². The predicted molar refractivity (Wildman–Crippen MR) is 109 cm³/mol. The van der Waals surface area contributed by atoms with Crippen molar-refractivity contribution in [1.29, 1.82) is 0 Å². The number of hydrogen-bond donors (Lipinski definition) is 0. The third kappa shape index (κ3) is 3.28. The monoisotopic (exact) mass is 398 g/mol. The molecule has 5 rings (SSSR count). The molecule has 0 unspecified atom stereocenters. The average molecular weight is 399 g/mol. The Morgan fingerprint density at radius 2 is 1.93 bits per heavy atom. The summed E-state index contributed by atoms with van der Waals surface area (Å²) >= 11 is 7.84. The lowest BCUT2D eigenvalue weighted by atomic mass is 10.2. The molecular formula is C20H19ClN4OS. The largest absolute Gasteiger partial charge is 0.352 e. The normalized spacial score (nSPS) is 17.5. The van der Waals surface area contributed by atoms with Crippen molar-refractivity contribution < 1.29 is 4.79 Å². The minimum atomic E-state index is 0.281. The number of thiophene rings is 1. The molecule has 0 radical (unpaired) electrons. The van der Waals surface area contributed by atoms with Crippen molar-refractivity contribution in [1.82, 2.24) is 14.9 Å². The molecule has 1 amide bonds. The number of carbonyl (C=O) groups excluding carboxylic acids is 1. The number of nitrogens with zero attached hydrogens (tertiary/aromatic N) is 4. The molecule has 5 nitrogen and oxygen atoms in total. The highest BCUT2D eigenvalue weighted by Crippen LogP contribution is 2.33. The molecule has 7 heteroatoms. The van der Waals surface area contributed by atoms with Crippen LogP contribution in [-0.4, -0.2) is 47.0 Å². The van der Waals surface area contributed by atoms with E-state index >= 15 is 0 Å². The molecule has 2 fully saturated rings. The van der Waals surface area contributed by atoms with Gasteiger partial charge in [-0.2, -0.15) is 0 Å². The molecule has 3 aromatic rings. The second-order valence-electron chi connectivity index (χ2n) is 7.10. The molecule has 2 aliphatic rings. The van der Waals surface area contributed by atoms with E-state index < -0.39 is 0 Å². The van der Waals surface area contributed by atoms with Crippen LogP contribution < -0.4 is 4.90 Å². The first-order valence-corrected chi connectivity index (χ1v) is 10.5. The van der Waals surface area contributed by atoms with Gasteiger partial charge in [-0.25, -0.2) is 9.97 Å². The van der Waals surface area contributed by atoms with Crippen molar-refractivity contribution in [3.8, 4) is 10.7 Å². The van der Waals surface area contributed by atoms with E-state index in [-0.39, 0.29) is 5.92 Å². The molecule has 0 atom stereocenters. The maximum absolute atomic E-state index is 12.3. The number of fused-ring (bicyclic) bond motifs is 1. The molecule has 1 aromatic carbocycles. The van der Waals surface area contributed by atoms with Gasteiger partial charge in [-0.3, -0.25) is 4.79 Å². The fraction of sp³-hybridized carbons (Fsp3) is 0.350. The molecule has 1 saturated heterocycles. The molecule has 0 spiro atoms. The van der Waals surface area contributed by atoms with Gasteiger partial charge >= 0.3 is 0 Å². The Bertz CT molecular complexity index is 995. The maximum atomic E-state index is 12.3. The first-order valence-electron chi connectivity index (χ1n) is 9.24. The Balaban J connectivity index is 1.49. The van der Waals surface area contributed by atoms with E-state index in [1.165, 1.54) is 0 Å². The fourth-order valence-corrected chi connectivity index (χ4v) is 4.39. The molecule has 1 aliphatic heterocycles. The molecule has 0 N–H and O–H groups in total. The highest BCUT2D eigenvalue weighted by atomic mass is 35.5. The van der Waals surface area contributed by atoms with Gasteiger partial charge in [0.25, 0.3) is 0 Å². The maximum Gasteiger partial charge on any atom is 0.225 e. The summed E-state index contributed by atoms with van der Waals surface area (Å²) in [5.41, 5.74) is 0.854. The zero-order valence-electron chi connectivity index (χ0n) is 14.8. The first kappa shape index (κ1) is 17.0. The predicted octanol–water partition coefficient (Wildman–Crippen LogP) is 4.07. The van der Waals surface area contributed by atoms with Gasteiger partial charge in [0.1, 0.15) is 5.82 Å². The van der Waals surface area contributed by atoms with E-state index in [0.29, 0.717) is 10.9 Å². The average Bonchev–Trinajstić information content (AvgIpc) is 3.40. The van der Waals surface area contributed by atoms with Crippen molar-refractivity contribution in [3.63, 3.8) is 0 Å². The summed E-state index contributed by atoms with van der Waals surface area (Å²) in [5.74, 6) is 2.27. The van der Waals surface area contributed by atoms with E-state index in [1.54, 1.807) is 11.3 Å². The molecule has 3 heterocycles. The number of piperazine rings is 1. The number of halogens is 1. The quantitative estimate of drug-likeness (QED) is 0.667. The van der Waals surface area contributed by atoms with Crippen LogP contribution in [0.3, 0.4) is 0 Å². The number of anilines is 1. The van der Waals surface area contributed by atoms with Crippen LogP contribution >= 0.6 is 22.9 Å². The summed E-state index contributed by atoms with van der Waals surface area (Å²) < 4.78 is 0. The van der Waals surface area contributed by atoms with E-state index in [9.17, 15) is 4.79 Å². The topological polar surface area (TPSA) is 49.3 Å². The van der Waals surface area contributed by atoms with Crippen molar-refractivity contribution in [2.45, 2.75) is 12.8 Å². The van der Waals surface area contributed by atoms with Gasteiger partial charge in [-0.05, 0) is 42.5 Å². The van der Waals surface area contributed by atoms with Crippen LogP contribution in [0.1, 0.15) is 12.8 Å². The van der Waals surface area contributed by atoms with Crippen molar-refractivity contribution >= 4 is 45.6 Å². The Hall–Kier alpha value is -2.18. The Morgan fingerprint density at radius 3 is 2.63 bits per heavy atom. The van der Waals surface area contributed by atoms with Crippen LogP contribution in [0.15, 0.2) is 35.7 Å². The third-order valence-corrected chi connectivity index (χ3v) is 6.30. The molecule has 1 saturated carbocycles. The van der Waals surface area contributed by atoms with Crippen LogP contribution in [0.4, 0.5) is 5.82 Å². The van der Waals surface area contributed by atoms with Gasteiger partial charge in [-0.15, -0.1) is 11.3 Å². The van der Waals surface area contributed by atoms with Gasteiger partial charge in [0.05, 0.1) is 10.4 Å². The number of carbonyl (C=O) groups is 1. The van der Waals surface area contributed by atoms with Gasteiger partial charge in [0.2, 0.25) is 5.91 Å². The number of hydrogen-bond acceptors (Lipinski definition) is 5. The molecule has 0 bridgehead atoms. The van der Waals surface area contributed by atoms with Crippen LogP contribution in [0, 0.1) is 5.92 Å². The SMILES string of the molecule is O=C(C1CC1)N1CCN(c2nc(-c3cccs3)nc3cc(Cl)ccc23)CC1. The molecule has 27 heavy (non-hydrogen) atoms. The van der Waals surface area contributed by atoms with E-state index in [0.717, 1.165) is 66.4 Å². The Labute approximate surface area is 166 Å². The zero-order valence-corrected chi connectivity index (χ0v) is 16.3. The molecule has 2 aromatic heterocycles. The second kappa shape index (κ2) is 6.77. The summed E-state index contributed by atoms with van der Waals surface area (Å²) in [5, 5.41) is 3.70. The van der Waals surface area contributed by atoms with Gasteiger partial charge in [0, 0.05) is 42.5 Å². The summed E-state index contributed by atoms with van der Waals surface area (Å²) in [6, 6.07) is 9.81. The summed E-state index contributed by atoms with van der Waals surface area (Å²) in [4.78, 5) is 27.3. The standard InChI is InChI=1S/C20H19ClN4OS/c21-14-5-6-15-16(12-14)22-18(17-2-1-11-27-17)23-19(15)24-7-9-25(10-8-24)20(26)13-3-4-13/h1-2,5-6,11-13H,3-4,7-10H2. The third-order valence-electron chi connectivity index (χ3n) is 5.20. The number of benzene rings is 1. The van der Waals surface area contributed by atoms with E-state index in [1.807, 2.05) is 40.6 Å². The van der Waals surface area contributed by atoms with Gasteiger partial charge in [-0.1, -0.05) is 17.7 Å².